The summed E-state index contributed by atoms with van der Waals surface area (Å²) in [5, 5.41) is 0.880. The maximum Gasteiger partial charge on any atom is 0.308 e. The number of ether oxygens (including phenoxy) is 1. The van der Waals surface area contributed by atoms with Crippen LogP contribution >= 0.6 is 0 Å². The van der Waals surface area contributed by atoms with Gasteiger partial charge in [-0.1, -0.05) is 13.0 Å². The number of nitrogens with zero attached hydrogens (tertiary/aromatic N) is 1. The predicted octanol–water partition coefficient (Wildman–Crippen LogP) is 2.73. The summed E-state index contributed by atoms with van der Waals surface area (Å²) >= 11 is 0. The Balaban J connectivity index is 2.27. The number of carbonyl (C=O) groups is 1. The highest BCUT2D eigenvalue weighted by molar-refractivity contribution is 5.78. The van der Waals surface area contributed by atoms with E-state index in [0.29, 0.717) is 11.9 Å². The largest absolute Gasteiger partial charge is 0.469 e. The molecule has 0 spiro atoms. The number of hydrogen-bond acceptors (Lipinski definition) is 3. The van der Waals surface area contributed by atoms with E-state index in [0.717, 1.165) is 11.1 Å². The molecule has 18 heavy (non-hydrogen) atoms. The molecule has 2 rings (SSSR count). The summed E-state index contributed by atoms with van der Waals surface area (Å²) in [4.78, 5) is 15.7. The number of rotatable bonds is 3. The summed E-state index contributed by atoms with van der Waals surface area (Å²) in [5.41, 5.74) is 1.36. The molecule has 94 valence electrons. The molecule has 1 aromatic heterocycles. The third-order valence-corrected chi connectivity index (χ3v) is 2.83. The van der Waals surface area contributed by atoms with Gasteiger partial charge in [-0.3, -0.25) is 9.78 Å². The van der Waals surface area contributed by atoms with Crippen LogP contribution in [0.1, 0.15) is 12.6 Å². The fourth-order valence-corrected chi connectivity index (χ4v) is 1.84. The third kappa shape index (κ3) is 2.64. The standard InChI is InChI=1S/C14H14FNO2/c1-9(14(17)18-2)7-12-6-4-10-3-5-11(15)8-13(10)16-12/h3-6,8-9H,7H2,1-2H3. The zero-order valence-electron chi connectivity index (χ0n) is 10.3. The molecule has 2 aromatic rings. The Hall–Kier alpha value is -1.97. The topological polar surface area (TPSA) is 39.2 Å². The molecule has 0 aliphatic heterocycles. The van der Waals surface area contributed by atoms with E-state index in [1.165, 1.54) is 19.2 Å². The molecule has 1 aromatic carbocycles. The van der Waals surface area contributed by atoms with Gasteiger partial charge in [0.2, 0.25) is 0 Å². The van der Waals surface area contributed by atoms with Crippen LogP contribution in [-0.2, 0) is 16.0 Å². The van der Waals surface area contributed by atoms with Crippen molar-refractivity contribution in [3.63, 3.8) is 0 Å². The van der Waals surface area contributed by atoms with Crippen molar-refractivity contribution in [2.75, 3.05) is 7.11 Å². The second-order valence-electron chi connectivity index (χ2n) is 4.27. The van der Waals surface area contributed by atoms with Crippen LogP contribution in [-0.4, -0.2) is 18.1 Å². The number of halogens is 1. The van der Waals surface area contributed by atoms with Crippen LogP contribution in [0.3, 0.4) is 0 Å². The molecule has 0 amide bonds. The van der Waals surface area contributed by atoms with Gasteiger partial charge in [0, 0.05) is 23.6 Å². The maximum absolute atomic E-state index is 13.1. The van der Waals surface area contributed by atoms with E-state index >= 15 is 0 Å². The Bertz CT molecular complexity index is 583. The number of benzene rings is 1. The van der Waals surface area contributed by atoms with Gasteiger partial charge < -0.3 is 4.74 Å². The molecule has 0 radical (unpaired) electrons. The van der Waals surface area contributed by atoms with Crippen molar-refractivity contribution in [2.24, 2.45) is 5.92 Å². The lowest BCUT2D eigenvalue weighted by atomic mass is 10.0. The zero-order valence-corrected chi connectivity index (χ0v) is 10.3. The second kappa shape index (κ2) is 5.12. The first-order chi connectivity index (χ1) is 8.60. The number of hydrogen-bond donors (Lipinski definition) is 0. The van der Waals surface area contributed by atoms with Crippen molar-refractivity contribution >= 4 is 16.9 Å². The van der Waals surface area contributed by atoms with Gasteiger partial charge in [-0.25, -0.2) is 4.39 Å². The quantitative estimate of drug-likeness (QED) is 0.783. The molecule has 0 bridgehead atoms. The van der Waals surface area contributed by atoms with E-state index < -0.39 is 0 Å². The molecule has 1 unspecified atom stereocenters. The highest BCUT2D eigenvalue weighted by atomic mass is 19.1. The fraction of sp³-hybridized carbons (Fsp3) is 0.286. The summed E-state index contributed by atoms with van der Waals surface area (Å²) in [6, 6.07) is 8.20. The van der Waals surface area contributed by atoms with Crippen molar-refractivity contribution in [1.29, 1.82) is 0 Å². The van der Waals surface area contributed by atoms with Gasteiger partial charge >= 0.3 is 5.97 Å². The molecule has 1 heterocycles. The first-order valence-electron chi connectivity index (χ1n) is 5.73. The van der Waals surface area contributed by atoms with E-state index in [1.54, 1.807) is 13.0 Å². The van der Waals surface area contributed by atoms with Crippen LogP contribution in [0.2, 0.25) is 0 Å². The lowest BCUT2D eigenvalue weighted by molar-refractivity contribution is -0.144. The molecule has 3 nitrogen and oxygen atoms in total. The smallest absolute Gasteiger partial charge is 0.308 e. The Morgan fingerprint density at radius 1 is 1.39 bits per heavy atom. The zero-order chi connectivity index (χ0) is 13.1. The summed E-state index contributed by atoms with van der Waals surface area (Å²) in [6.45, 7) is 1.78. The normalized spacial score (nSPS) is 12.4. The summed E-state index contributed by atoms with van der Waals surface area (Å²) < 4.78 is 17.8. The first-order valence-corrected chi connectivity index (χ1v) is 5.73. The number of aromatic nitrogens is 1. The van der Waals surface area contributed by atoms with Gasteiger partial charge in [-0.05, 0) is 18.2 Å². The van der Waals surface area contributed by atoms with Crippen LogP contribution < -0.4 is 0 Å². The van der Waals surface area contributed by atoms with Gasteiger partial charge in [0.05, 0.1) is 18.5 Å². The Morgan fingerprint density at radius 3 is 2.83 bits per heavy atom. The first kappa shape index (κ1) is 12.5. The summed E-state index contributed by atoms with van der Waals surface area (Å²) in [6.07, 6.45) is 0.485. The van der Waals surface area contributed by atoms with Gasteiger partial charge in [-0.15, -0.1) is 0 Å². The SMILES string of the molecule is COC(=O)C(C)Cc1ccc2ccc(F)cc2n1. The van der Waals surface area contributed by atoms with Crippen LogP contribution in [0.4, 0.5) is 4.39 Å². The van der Waals surface area contributed by atoms with Crippen LogP contribution in [0.25, 0.3) is 10.9 Å². The molecule has 0 fully saturated rings. The highest BCUT2D eigenvalue weighted by Gasteiger charge is 2.14. The number of carbonyl (C=O) groups excluding carboxylic acids is 1. The van der Waals surface area contributed by atoms with E-state index in [4.69, 9.17) is 0 Å². The average molecular weight is 247 g/mol. The fourth-order valence-electron chi connectivity index (χ4n) is 1.84. The van der Waals surface area contributed by atoms with Crippen LogP contribution in [0.15, 0.2) is 30.3 Å². The Labute approximate surface area is 105 Å². The van der Waals surface area contributed by atoms with Crippen LogP contribution in [0, 0.1) is 11.7 Å². The number of pyridine rings is 1. The highest BCUT2D eigenvalue weighted by Crippen LogP contribution is 2.16. The van der Waals surface area contributed by atoms with Crippen molar-refractivity contribution in [3.05, 3.63) is 41.8 Å². The lowest BCUT2D eigenvalue weighted by Crippen LogP contribution is -2.15. The van der Waals surface area contributed by atoms with Gasteiger partial charge in [-0.2, -0.15) is 0 Å². The maximum atomic E-state index is 13.1. The van der Waals surface area contributed by atoms with Crippen molar-refractivity contribution in [3.8, 4) is 0 Å². The van der Waals surface area contributed by atoms with Crippen molar-refractivity contribution in [1.82, 2.24) is 4.98 Å². The molecule has 1 atom stereocenters. The molecule has 0 aliphatic carbocycles. The van der Waals surface area contributed by atoms with Gasteiger partial charge in [0.1, 0.15) is 5.82 Å². The van der Waals surface area contributed by atoms with Gasteiger partial charge in [0.25, 0.3) is 0 Å². The molecule has 0 N–H and O–H groups in total. The van der Waals surface area contributed by atoms with E-state index in [9.17, 15) is 9.18 Å². The van der Waals surface area contributed by atoms with Crippen molar-refractivity contribution < 1.29 is 13.9 Å². The third-order valence-electron chi connectivity index (χ3n) is 2.83. The molecule has 0 saturated heterocycles. The van der Waals surface area contributed by atoms with Crippen molar-refractivity contribution in [2.45, 2.75) is 13.3 Å². The number of methoxy groups -OCH3 is 1. The predicted molar refractivity (Wildman–Crippen MR) is 66.6 cm³/mol. The van der Waals surface area contributed by atoms with Crippen LogP contribution in [0.5, 0.6) is 0 Å². The molecular weight excluding hydrogens is 233 g/mol. The van der Waals surface area contributed by atoms with E-state index in [2.05, 4.69) is 9.72 Å². The Kier molecular flexibility index (Phi) is 3.55. The minimum absolute atomic E-state index is 0.256. The minimum atomic E-state index is -0.312. The molecule has 0 aliphatic rings. The molecule has 0 saturated carbocycles. The summed E-state index contributed by atoms with van der Waals surface area (Å²) in [5.74, 6) is -0.835. The lowest BCUT2D eigenvalue weighted by Gasteiger charge is -2.09. The van der Waals surface area contributed by atoms with E-state index in [-0.39, 0.29) is 17.7 Å². The molecular formula is C14H14FNO2. The average Bonchev–Trinajstić information content (AvgIpc) is 2.37. The number of fused-ring (bicyclic) bond motifs is 1. The minimum Gasteiger partial charge on any atom is -0.469 e. The molecule has 4 heteroatoms. The Morgan fingerprint density at radius 2 is 2.11 bits per heavy atom. The summed E-state index contributed by atoms with van der Waals surface area (Å²) in [7, 11) is 1.36. The number of esters is 1. The monoisotopic (exact) mass is 247 g/mol. The second-order valence-corrected chi connectivity index (χ2v) is 4.27. The van der Waals surface area contributed by atoms with Gasteiger partial charge in [0.15, 0.2) is 0 Å². The van der Waals surface area contributed by atoms with E-state index in [1.807, 2.05) is 12.1 Å².